The number of sulfonamides is 1. The molecule has 14 heteroatoms. The molecule has 1 atom stereocenters. The van der Waals surface area contributed by atoms with E-state index in [0.29, 0.717) is 25.1 Å². The number of anilines is 2. The number of alkyl halides is 2. The first kappa shape index (κ1) is 30.6. The number of carbonyl (C=O) groups excluding carboxylic acids is 2. The number of pyridine rings is 1. The first-order valence-corrected chi connectivity index (χ1v) is 15.8. The lowest BCUT2D eigenvalue weighted by atomic mass is 9.77. The van der Waals surface area contributed by atoms with Crippen LogP contribution < -0.4 is 15.5 Å². The number of nitrogens with zero attached hydrogens (tertiary/aromatic N) is 4. The summed E-state index contributed by atoms with van der Waals surface area (Å²) in [6, 6.07) is 8.38. The maximum Gasteiger partial charge on any atom is 0.308 e. The predicted octanol–water partition coefficient (Wildman–Crippen LogP) is 3.38. The first-order valence-electron chi connectivity index (χ1n) is 13.9. The minimum atomic E-state index is -3.82. The molecule has 1 aromatic heterocycles. The van der Waals surface area contributed by atoms with Gasteiger partial charge in [0.2, 0.25) is 15.9 Å². The van der Waals surface area contributed by atoms with Crippen LogP contribution in [0.1, 0.15) is 37.7 Å². The molecule has 2 N–H and O–H groups in total. The van der Waals surface area contributed by atoms with E-state index in [1.807, 2.05) is 0 Å². The van der Waals surface area contributed by atoms with Crippen LogP contribution in [0.4, 0.5) is 20.3 Å². The van der Waals surface area contributed by atoms with Gasteiger partial charge in [0.15, 0.2) is 0 Å². The molecule has 3 heterocycles. The fourth-order valence-corrected chi connectivity index (χ4v) is 7.65. The van der Waals surface area contributed by atoms with E-state index in [4.69, 9.17) is 22.1 Å². The summed E-state index contributed by atoms with van der Waals surface area (Å²) in [5.41, 5.74) is 6.21. The Labute approximate surface area is 248 Å². The van der Waals surface area contributed by atoms with E-state index in [0.717, 1.165) is 0 Å². The highest BCUT2D eigenvalue weighted by Crippen LogP contribution is 2.46. The van der Waals surface area contributed by atoms with E-state index in [-0.39, 0.29) is 90.7 Å². The number of piperazine rings is 1. The minimum absolute atomic E-state index is 0.0713. The molecule has 1 aromatic carbocycles. The van der Waals surface area contributed by atoms with E-state index < -0.39 is 21.9 Å². The Morgan fingerprint density at radius 3 is 2.29 bits per heavy atom. The van der Waals surface area contributed by atoms with Crippen molar-refractivity contribution in [3.63, 3.8) is 0 Å². The number of halogens is 3. The van der Waals surface area contributed by atoms with Crippen LogP contribution in [0, 0.1) is 11.8 Å². The molecule has 0 spiro atoms. The predicted molar refractivity (Wildman–Crippen MR) is 153 cm³/mol. The van der Waals surface area contributed by atoms with Gasteiger partial charge in [-0.3, -0.25) is 9.59 Å². The second kappa shape index (κ2) is 12.0. The Hall–Kier alpha value is -2.87. The zero-order valence-corrected chi connectivity index (χ0v) is 24.8. The summed E-state index contributed by atoms with van der Waals surface area (Å²) < 4.78 is 64.0. The van der Waals surface area contributed by atoms with Gasteiger partial charge in [-0.1, -0.05) is 11.6 Å². The van der Waals surface area contributed by atoms with Crippen molar-refractivity contribution in [3.8, 4) is 0 Å². The molecule has 1 saturated carbocycles. The maximum atomic E-state index is 15.6. The smallest absolute Gasteiger partial charge is 0.308 e. The van der Waals surface area contributed by atoms with E-state index in [2.05, 4.69) is 4.98 Å². The quantitative estimate of drug-likeness (QED) is 0.367. The van der Waals surface area contributed by atoms with Crippen LogP contribution >= 0.6 is 11.6 Å². The molecule has 2 saturated heterocycles. The van der Waals surface area contributed by atoms with Crippen LogP contribution in [0.5, 0.6) is 0 Å². The number of rotatable bonds is 7. The van der Waals surface area contributed by atoms with Crippen LogP contribution in [0.25, 0.3) is 0 Å². The number of ether oxygens (including phenoxy) is 1. The molecule has 228 valence electrons. The molecule has 10 nitrogen and oxygen atoms in total. The van der Waals surface area contributed by atoms with E-state index in [9.17, 15) is 18.0 Å². The third-order valence-electron chi connectivity index (χ3n) is 8.44. The van der Waals surface area contributed by atoms with Crippen molar-refractivity contribution >= 4 is 45.0 Å². The van der Waals surface area contributed by atoms with Crippen molar-refractivity contribution in [2.24, 2.45) is 17.6 Å². The van der Waals surface area contributed by atoms with Crippen molar-refractivity contribution in [1.82, 2.24) is 9.29 Å². The van der Waals surface area contributed by atoms with Gasteiger partial charge in [-0.2, -0.15) is 4.31 Å². The monoisotopic (exact) mass is 625 g/mol. The molecule has 1 amide bonds. The van der Waals surface area contributed by atoms with Crippen LogP contribution in [-0.2, 0) is 30.3 Å². The third-order valence-corrected chi connectivity index (χ3v) is 10.6. The normalized spacial score (nSPS) is 24.2. The van der Waals surface area contributed by atoms with E-state index >= 15 is 8.78 Å². The third kappa shape index (κ3) is 6.10. The molecule has 1 unspecified atom stereocenters. The Morgan fingerprint density at radius 1 is 1.07 bits per heavy atom. The number of nitrogens with two attached hydrogens (primary N) is 1. The summed E-state index contributed by atoms with van der Waals surface area (Å²) in [4.78, 5) is 31.6. The fourth-order valence-electron chi connectivity index (χ4n) is 6.02. The van der Waals surface area contributed by atoms with Crippen LogP contribution in [0.3, 0.4) is 0 Å². The molecule has 3 aliphatic rings. The van der Waals surface area contributed by atoms with Crippen molar-refractivity contribution in [2.75, 3.05) is 49.6 Å². The van der Waals surface area contributed by atoms with Gasteiger partial charge in [-0.15, -0.1) is 0 Å². The zero-order valence-electron chi connectivity index (χ0n) is 23.2. The highest BCUT2D eigenvalue weighted by Gasteiger charge is 2.45. The summed E-state index contributed by atoms with van der Waals surface area (Å²) in [5, 5.41) is -0.0713. The van der Waals surface area contributed by atoms with Gasteiger partial charge in [0.25, 0.3) is 5.92 Å². The lowest BCUT2D eigenvalue weighted by Gasteiger charge is -2.36. The highest BCUT2D eigenvalue weighted by atomic mass is 35.5. The lowest BCUT2D eigenvalue weighted by molar-refractivity contribution is -0.149. The number of hydrogen-bond donors (Lipinski definition) is 1. The molecule has 0 bridgehead atoms. The fraction of sp³-hybridized carbons (Fsp3) is 0.536. The lowest BCUT2D eigenvalue weighted by Crippen LogP contribution is -2.49. The standard InChI is InChI=1S/C28H34ClF2N5O5S/c1-41-27(38)18-2-4-19(5-3-18)28(30,31)20-14-24(29)33-25(15-20)34-10-12-35(13-11-34)42(39,40)23-8-6-22(7-9-23)36-17-21(32)16-26(36)37/h6-9,14-15,18-19,21H,2-5,10-13,16-17,32H2,1H3. The van der Waals surface area contributed by atoms with Crippen molar-refractivity contribution in [3.05, 3.63) is 47.1 Å². The molecule has 0 radical (unpaired) electrons. The number of methoxy groups -OCH3 is 1. The summed E-state index contributed by atoms with van der Waals surface area (Å²) in [7, 11) is -2.52. The topological polar surface area (TPSA) is 126 Å². The van der Waals surface area contributed by atoms with Gasteiger partial charge in [-0.25, -0.2) is 22.2 Å². The van der Waals surface area contributed by atoms with Gasteiger partial charge < -0.3 is 20.3 Å². The molecule has 3 fully saturated rings. The van der Waals surface area contributed by atoms with E-state index in [1.165, 1.54) is 35.7 Å². The SMILES string of the molecule is COC(=O)C1CCC(C(F)(F)c2cc(Cl)nc(N3CCN(S(=O)(=O)c4ccc(N5CC(N)CC5=O)cc4)CC3)c2)CC1. The average Bonchev–Trinajstić information content (AvgIpc) is 3.34. The molecular formula is C28H34ClF2N5O5S. The summed E-state index contributed by atoms with van der Waals surface area (Å²) >= 11 is 6.19. The Balaban J connectivity index is 1.24. The Morgan fingerprint density at radius 2 is 1.71 bits per heavy atom. The molecule has 5 rings (SSSR count). The number of aromatic nitrogens is 1. The number of benzene rings is 1. The first-order chi connectivity index (χ1) is 19.9. The highest BCUT2D eigenvalue weighted by molar-refractivity contribution is 7.89. The Bertz CT molecular complexity index is 1430. The summed E-state index contributed by atoms with van der Waals surface area (Å²) in [6.07, 6.45) is 1.29. The average molecular weight is 626 g/mol. The molecule has 2 aromatic rings. The van der Waals surface area contributed by atoms with Gasteiger partial charge in [0.1, 0.15) is 11.0 Å². The van der Waals surface area contributed by atoms with Crippen LogP contribution in [0.2, 0.25) is 5.15 Å². The maximum absolute atomic E-state index is 15.6. The van der Waals surface area contributed by atoms with Gasteiger partial charge in [0.05, 0.1) is 17.9 Å². The van der Waals surface area contributed by atoms with Crippen LogP contribution in [-0.4, -0.2) is 75.5 Å². The molecule has 42 heavy (non-hydrogen) atoms. The Kier molecular flexibility index (Phi) is 8.75. The molecular weight excluding hydrogens is 592 g/mol. The molecule has 2 aliphatic heterocycles. The van der Waals surface area contributed by atoms with Gasteiger partial charge in [0, 0.05) is 62.4 Å². The van der Waals surface area contributed by atoms with Crippen LogP contribution in [0.15, 0.2) is 41.3 Å². The zero-order chi connectivity index (χ0) is 30.2. The van der Waals surface area contributed by atoms with Crippen molar-refractivity contribution in [2.45, 2.75) is 49.0 Å². The summed E-state index contributed by atoms with van der Waals surface area (Å²) in [5.74, 6) is -4.69. The second-order valence-corrected chi connectivity index (χ2v) is 13.4. The number of esters is 1. The number of amides is 1. The van der Waals surface area contributed by atoms with Crippen molar-refractivity contribution < 1.29 is 31.5 Å². The number of carbonyl (C=O) groups is 2. The van der Waals surface area contributed by atoms with E-state index in [1.54, 1.807) is 21.9 Å². The minimum Gasteiger partial charge on any atom is -0.469 e. The molecule has 1 aliphatic carbocycles. The van der Waals surface area contributed by atoms with Crippen molar-refractivity contribution in [1.29, 1.82) is 0 Å². The van der Waals surface area contributed by atoms with Gasteiger partial charge >= 0.3 is 5.97 Å². The van der Waals surface area contributed by atoms with Gasteiger partial charge in [-0.05, 0) is 62.1 Å². The largest absolute Gasteiger partial charge is 0.469 e. The number of hydrogen-bond acceptors (Lipinski definition) is 8. The summed E-state index contributed by atoms with van der Waals surface area (Å²) in [6.45, 7) is 1.11. The second-order valence-electron chi connectivity index (χ2n) is 11.1.